The zero-order valence-corrected chi connectivity index (χ0v) is 28.3. The van der Waals surface area contributed by atoms with E-state index >= 15 is 8.78 Å². The molecule has 0 saturated heterocycles. The third-order valence-corrected chi connectivity index (χ3v) is 8.74. The quantitative estimate of drug-likeness (QED) is 0.269. The molecule has 1 aliphatic heterocycles. The zero-order chi connectivity index (χ0) is 36.2. The number of aliphatic carboxylic acids is 1. The number of carboxylic acid groups (broad SMARTS) is 1. The van der Waals surface area contributed by atoms with Crippen molar-refractivity contribution in [2.45, 2.75) is 84.0 Å². The number of likely N-dealkylation sites (N-methyl/N-ethyl adjacent to an activating group) is 1. The summed E-state index contributed by atoms with van der Waals surface area (Å²) in [5.41, 5.74) is -1.29. The van der Waals surface area contributed by atoms with Gasteiger partial charge < -0.3 is 24.6 Å². The highest BCUT2D eigenvalue weighted by molar-refractivity contribution is 5.82. The third kappa shape index (κ3) is 8.86. The van der Waals surface area contributed by atoms with Crippen LogP contribution in [0.1, 0.15) is 84.0 Å². The molecule has 49 heavy (non-hydrogen) atoms. The zero-order valence-electron chi connectivity index (χ0n) is 28.3. The number of nitrogens with zero attached hydrogens (tertiary/aromatic N) is 2. The Bertz CT molecular complexity index is 1770. The van der Waals surface area contributed by atoms with Crippen LogP contribution in [0.2, 0.25) is 0 Å². The van der Waals surface area contributed by atoms with Gasteiger partial charge in [-0.15, -0.1) is 0 Å². The smallest absolute Gasteiger partial charge is 0.416 e. The van der Waals surface area contributed by atoms with Gasteiger partial charge >= 0.3 is 12.1 Å². The number of nitrogens with one attached hydrogen (secondary N) is 1. The van der Waals surface area contributed by atoms with Crippen LogP contribution in [0, 0.1) is 32.4 Å². The second kappa shape index (κ2) is 15.5. The summed E-state index contributed by atoms with van der Waals surface area (Å²) >= 11 is 0. The van der Waals surface area contributed by atoms with Crippen LogP contribution in [0.25, 0.3) is 11.1 Å². The summed E-state index contributed by atoms with van der Waals surface area (Å²) < 4.78 is 81.5. The lowest BCUT2D eigenvalue weighted by Gasteiger charge is -2.27. The number of pyridine rings is 1. The van der Waals surface area contributed by atoms with Crippen molar-refractivity contribution in [2.24, 2.45) is 0 Å². The van der Waals surface area contributed by atoms with Crippen molar-refractivity contribution in [1.82, 2.24) is 14.8 Å². The molecule has 3 aromatic rings. The Balaban J connectivity index is 1.91. The first-order valence-corrected chi connectivity index (χ1v) is 16.2. The van der Waals surface area contributed by atoms with E-state index in [4.69, 9.17) is 4.74 Å². The Morgan fingerprint density at radius 1 is 1.00 bits per heavy atom. The minimum Gasteiger partial charge on any atom is -0.493 e. The van der Waals surface area contributed by atoms with Crippen molar-refractivity contribution in [3.8, 4) is 16.9 Å². The fourth-order valence-electron chi connectivity index (χ4n) is 6.35. The molecule has 2 aromatic carbocycles. The van der Waals surface area contributed by atoms with E-state index in [1.165, 1.54) is 13.0 Å². The lowest BCUT2D eigenvalue weighted by atomic mass is 9.90. The van der Waals surface area contributed by atoms with E-state index in [1.807, 2.05) is 13.0 Å². The lowest BCUT2D eigenvalue weighted by Crippen LogP contribution is -2.40. The molecule has 13 heteroatoms. The summed E-state index contributed by atoms with van der Waals surface area (Å²) in [7, 11) is 3.37. The number of aryl methyl sites for hydroxylation is 3. The summed E-state index contributed by atoms with van der Waals surface area (Å²) in [6.07, 6.45) is -2.62. The number of carbonyl (C=O) groups is 2. The number of halogens is 5. The second-order valence-electron chi connectivity index (χ2n) is 13.0. The number of alkyl halides is 3. The average Bonchev–Trinajstić information content (AvgIpc) is 2.98. The van der Waals surface area contributed by atoms with Crippen LogP contribution in [-0.4, -0.2) is 53.7 Å². The molecule has 0 fully saturated rings. The lowest BCUT2D eigenvalue weighted by molar-refractivity contribution is -0.139. The Morgan fingerprint density at radius 3 is 2.35 bits per heavy atom. The van der Waals surface area contributed by atoms with E-state index in [2.05, 4.69) is 5.32 Å². The van der Waals surface area contributed by atoms with Gasteiger partial charge in [0.25, 0.3) is 5.56 Å². The van der Waals surface area contributed by atoms with Crippen molar-refractivity contribution in [2.75, 3.05) is 27.2 Å². The van der Waals surface area contributed by atoms with E-state index in [1.54, 1.807) is 32.0 Å². The first-order valence-electron chi connectivity index (χ1n) is 16.2. The van der Waals surface area contributed by atoms with Crippen LogP contribution in [0.4, 0.5) is 22.0 Å². The molecule has 2 N–H and O–H groups in total. The molecule has 2 bridgehead atoms. The molecule has 0 unspecified atom stereocenters. The molecule has 0 saturated carbocycles. The van der Waals surface area contributed by atoms with E-state index < -0.39 is 64.9 Å². The van der Waals surface area contributed by atoms with E-state index in [0.29, 0.717) is 48.6 Å². The number of hydrogen-bond acceptors (Lipinski definition) is 5. The summed E-state index contributed by atoms with van der Waals surface area (Å²) in [6.45, 7) is 5.49. The van der Waals surface area contributed by atoms with E-state index in [9.17, 15) is 32.7 Å². The van der Waals surface area contributed by atoms with Crippen LogP contribution in [0.5, 0.6) is 5.75 Å². The number of hydrogen-bond donors (Lipinski definition) is 2. The van der Waals surface area contributed by atoms with Crippen molar-refractivity contribution in [1.29, 1.82) is 0 Å². The van der Waals surface area contributed by atoms with Crippen LogP contribution < -0.4 is 15.6 Å². The number of carbonyl (C=O) groups excluding carboxylic acids is 1. The molecule has 0 aliphatic carbocycles. The minimum atomic E-state index is -4.83. The molecule has 2 atom stereocenters. The van der Waals surface area contributed by atoms with Gasteiger partial charge in [-0.3, -0.25) is 14.4 Å². The molecule has 8 nitrogen and oxygen atoms in total. The molecular formula is C36H42F5N3O5. The molecule has 2 heterocycles. The van der Waals surface area contributed by atoms with Gasteiger partial charge in [0.1, 0.15) is 23.4 Å². The number of amides is 1. The second-order valence-corrected chi connectivity index (χ2v) is 13.0. The molecular weight excluding hydrogens is 649 g/mol. The van der Waals surface area contributed by atoms with Crippen LogP contribution >= 0.6 is 0 Å². The van der Waals surface area contributed by atoms with Gasteiger partial charge in [-0.25, -0.2) is 8.78 Å². The normalized spacial score (nSPS) is 17.7. The Labute approximate surface area is 281 Å². The van der Waals surface area contributed by atoms with Gasteiger partial charge in [0.05, 0.1) is 24.6 Å². The maximum absolute atomic E-state index is 16.6. The number of ether oxygens (including phenoxy) is 1. The Hall–Kier alpha value is -4.26. The standard InChI is InChI=1S/C36H42F5N3O5/c1-20-14-21(2)31-24-16-22(3)33(37)32(34(24)38)26(18-30(46)47)42-35(48)27(10-8-6-7-9-13-49-28(31)15-20)44-19-23(11-12-43(4)5)25(17-29(44)45)36(39,40)41/h14-17,19,26-27H,6-13,18H2,1-5H3,(H,42,48)(H,46,47)/t26-,27-/m0/s1. The van der Waals surface area contributed by atoms with Gasteiger partial charge in [0.15, 0.2) is 0 Å². The van der Waals surface area contributed by atoms with Crippen LogP contribution in [-0.2, 0) is 22.2 Å². The van der Waals surface area contributed by atoms with Crippen molar-refractivity contribution in [3.63, 3.8) is 0 Å². The highest BCUT2D eigenvalue weighted by atomic mass is 19.4. The molecule has 1 aromatic heterocycles. The predicted molar refractivity (Wildman–Crippen MR) is 175 cm³/mol. The van der Waals surface area contributed by atoms with Crippen LogP contribution in [0.3, 0.4) is 0 Å². The highest BCUT2D eigenvalue weighted by Gasteiger charge is 2.36. The maximum atomic E-state index is 16.6. The molecule has 1 aliphatic rings. The number of carboxylic acids is 1. The fraction of sp³-hybridized carbons (Fsp3) is 0.472. The SMILES string of the molecule is Cc1cc(C)c2c(c1)OCCCCCC[C@H](n1cc(CCN(C)C)c(C(F)(F)F)cc1=O)C(=O)N[C@@H](CC(=O)O)c1c(F)c(C)cc-2c1F. The van der Waals surface area contributed by atoms with Crippen LogP contribution in [0.15, 0.2) is 35.3 Å². The molecule has 0 radical (unpaired) electrons. The van der Waals surface area contributed by atoms with Crippen molar-refractivity contribution >= 4 is 11.9 Å². The van der Waals surface area contributed by atoms with Gasteiger partial charge in [-0.1, -0.05) is 25.3 Å². The summed E-state index contributed by atoms with van der Waals surface area (Å²) in [6, 6.07) is 2.20. The Kier molecular flexibility index (Phi) is 11.9. The number of benzene rings is 2. The summed E-state index contributed by atoms with van der Waals surface area (Å²) in [5, 5.41) is 12.3. The number of rotatable bonds is 6. The Morgan fingerprint density at radius 2 is 1.69 bits per heavy atom. The molecule has 4 rings (SSSR count). The maximum Gasteiger partial charge on any atom is 0.416 e. The van der Waals surface area contributed by atoms with Gasteiger partial charge in [-0.05, 0) is 88.5 Å². The van der Waals surface area contributed by atoms with Gasteiger partial charge in [0.2, 0.25) is 5.91 Å². The topological polar surface area (TPSA) is 101 Å². The van der Waals surface area contributed by atoms with Crippen molar-refractivity contribution < 1.29 is 41.4 Å². The van der Waals surface area contributed by atoms with E-state index in [0.717, 1.165) is 16.3 Å². The largest absolute Gasteiger partial charge is 0.493 e. The monoisotopic (exact) mass is 691 g/mol. The van der Waals surface area contributed by atoms with Gasteiger partial charge in [-0.2, -0.15) is 13.2 Å². The first kappa shape index (κ1) is 37.6. The van der Waals surface area contributed by atoms with Crippen molar-refractivity contribution in [3.05, 3.63) is 85.8 Å². The third-order valence-electron chi connectivity index (χ3n) is 8.74. The molecule has 0 spiro atoms. The highest BCUT2D eigenvalue weighted by Crippen LogP contribution is 2.41. The van der Waals surface area contributed by atoms with Gasteiger partial charge in [0, 0.05) is 35.5 Å². The molecule has 266 valence electrons. The first-order chi connectivity index (χ1) is 23.0. The summed E-state index contributed by atoms with van der Waals surface area (Å²) in [5.74, 6) is -4.18. The number of fused-ring (bicyclic) bond motifs is 4. The fourth-order valence-corrected chi connectivity index (χ4v) is 6.35. The average molecular weight is 692 g/mol. The molecule has 1 amide bonds. The summed E-state index contributed by atoms with van der Waals surface area (Å²) in [4.78, 5) is 41.0. The van der Waals surface area contributed by atoms with E-state index in [-0.39, 0.29) is 42.7 Å². The number of aromatic nitrogens is 1. The minimum absolute atomic E-state index is 0.00384. The predicted octanol–water partition coefficient (Wildman–Crippen LogP) is 7.06.